The van der Waals surface area contributed by atoms with E-state index in [2.05, 4.69) is 15.6 Å². The smallest absolute Gasteiger partial charge is 0.348 e. The molecule has 1 saturated heterocycles. The Hall–Kier alpha value is -2.62. The second-order valence-corrected chi connectivity index (χ2v) is 8.43. The largest absolute Gasteiger partial charge is 0.416 e. The molecule has 0 aliphatic carbocycles. The van der Waals surface area contributed by atoms with E-state index in [-0.39, 0.29) is 22.9 Å². The zero-order chi connectivity index (χ0) is 19.7. The number of hydrogen-bond donors (Lipinski definition) is 2. The van der Waals surface area contributed by atoms with E-state index in [1.807, 2.05) is 0 Å². The molecule has 1 aromatic heterocycles. The first kappa shape index (κ1) is 19.2. The molecule has 3 rings (SSSR count). The lowest BCUT2D eigenvalue weighted by atomic mass is 10.2. The number of sulfone groups is 1. The molecule has 1 amide bonds. The van der Waals surface area contributed by atoms with Gasteiger partial charge in [-0.1, -0.05) is 0 Å². The maximum absolute atomic E-state index is 12.6. The summed E-state index contributed by atoms with van der Waals surface area (Å²) in [5, 5.41) is 5.50. The fourth-order valence-electron chi connectivity index (χ4n) is 2.71. The van der Waals surface area contributed by atoms with E-state index in [4.69, 9.17) is 0 Å². The Morgan fingerprint density at radius 2 is 1.85 bits per heavy atom. The lowest BCUT2D eigenvalue weighted by Crippen LogP contribution is -2.35. The molecule has 1 fully saturated rings. The summed E-state index contributed by atoms with van der Waals surface area (Å²) in [7, 11) is -3.11. The minimum absolute atomic E-state index is 0.0506. The molecular formula is C17H16F3N3O3S. The summed E-state index contributed by atoms with van der Waals surface area (Å²) in [5.41, 5.74) is -0.112. The van der Waals surface area contributed by atoms with Crippen molar-refractivity contribution in [3.63, 3.8) is 0 Å². The predicted octanol–water partition coefficient (Wildman–Crippen LogP) is 2.76. The van der Waals surface area contributed by atoms with Crippen LogP contribution in [0, 0.1) is 0 Å². The van der Waals surface area contributed by atoms with Crippen molar-refractivity contribution in [2.75, 3.05) is 16.8 Å². The number of amides is 1. The van der Waals surface area contributed by atoms with Crippen LogP contribution in [0.15, 0.2) is 42.6 Å². The van der Waals surface area contributed by atoms with Crippen molar-refractivity contribution in [1.82, 2.24) is 10.3 Å². The standard InChI is InChI=1S/C17H16F3N3O3S/c18-17(19,20)12-1-3-13(4-2-12)22-15-9-11(5-7-21-15)16(24)23-14-6-8-27(25,26)10-14/h1-5,7,9,14H,6,8,10H2,(H,21,22)(H,23,24). The summed E-state index contributed by atoms with van der Waals surface area (Å²) in [5.74, 6) is -0.188. The fourth-order valence-corrected chi connectivity index (χ4v) is 4.38. The first-order valence-electron chi connectivity index (χ1n) is 8.04. The number of anilines is 2. The summed E-state index contributed by atoms with van der Waals surface area (Å²) >= 11 is 0. The minimum Gasteiger partial charge on any atom is -0.348 e. The van der Waals surface area contributed by atoms with E-state index in [9.17, 15) is 26.4 Å². The number of aromatic nitrogens is 1. The van der Waals surface area contributed by atoms with Crippen molar-refractivity contribution in [2.45, 2.75) is 18.6 Å². The number of carbonyl (C=O) groups excluding carboxylic acids is 1. The van der Waals surface area contributed by atoms with Gasteiger partial charge in [-0.2, -0.15) is 13.2 Å². The maximum atomic E-state index is 12.6. The zero-order valence-corrected chi connectivity index (χ0v) is 14.8. The fraction of sp³-hybridized carbons (Fsp3) is 0.294. The number of carbonyl (C=O) groups is 1. The SMILES string of the molecule is O=C(NC1CCS(=O)(=O)C1)c1ccnc(Nc2ccc(C(F)(F)F)cc2)c1. The summed E-state index contributed by atoms with van der Waals surface area (Å²) in [4.78, 5) is 16.3. The zero-order valence-electron chi connectivity index (χ0n) is 14.0. The molecule has 10 heteroatoms. The van der Waals surface area contributed by atoms with Gasteiger partial charge in [0.2, 0.25) is 0 Å². The first-order valence-corrected chi connectivity index (χ1v) is 9.86. The highest BCUT2D eigenvalue weighted by atomic mass is 32.2. The number of pyridine rings is 1. The summed E-state index contributed by atoms with van der Waals surface area (Å²) < 4.78 is 60.7. The van der Waals surface area contributed by atoms with Gasteiger partial charge in [0.05, 0.1) is 17.1 Å². The van der Waals surface area contributed by atoms with Crippen LogP contribution < -0.4 is 10.6 Å². The van der Waals surface area contributed by atoms with Gasteiger partial charge < -0.3 is 10.6 Å². The molecule has 144 valence electrons. The number of rotatable bonds is 4. The van der Waals surface area contributed by atoms with Crippen LogP contribution >= 0.6 is 0 Å². The van der Waals surface area contributed by atoms with E-state index in [1.165, 1.54) is 30.5 Å². The highest BCUT2D eigenvalue weighted by molar-refractivity contribution is 7.91. The van der Waals surface area contributed by atoms with Crippen LogP contribution in [0.3, 0.4) is 0 Å². The molecule has 0 spiro atoms. The van der Waals surface area contributed by atoms with Gasteiger partial charge in [0.25, 0.3) is 5.91 Å². The van der Waals surface area contributed by atoms with Gasteiger partial charge >= 0.3 is 6.18 Å². The third kappa shape index (κ3) is 4.97. The van der Waals surface area contributed by atoms with Crippen molar-refractivity contribution in [3.05, 3.63) is 53.7 Å². The Balaban J connectivity index is 1.67. The Bertz CT molecular complexity index is 944. The van der Waals surface area contributed by atoms with Gasteiger partial charge in [-0.05, 0) is 42.8 Å². The second kappa shape index (κ2) is 7.18. The molecule has 0 radical (unpaired) electrons. The molecule has 2 heterocycles. The number of hydrogen-bond acceptors (Lipinski definition) is 5. The molecule has 1 atom stereocenters. The number of halogens is 3. The Morgan fingerprint density at radius 1 is 1.15 bits per heavy atom. The lowest BCUT2D eigenvalue weighted by molar-refractivity contribution is -0.137. The van der Waals surface area contributed by atoms with Crippen LogP contribution in [-0.4, -0.2) is 36.9 Å². The van der Waals surface area contributed by atoms with Crippen molar-refractivity contribution in [3.8, 4) is 0 Å². The topological polar surface area (TPSA) is 88.2 Å². The molecule has 1 aromatic carbocycles. The van der Waals surface area contributed by atoms with Crippen LogP contribution in [0.1, 0.15) is 22.3 Å². The van der Waals surface area contributed by atoms with Gasteiger partial charge in [-0.25, -0.2) is 13.4 Å². The molecule has 0 saturated carbocycles. The highest BCUT2D eigenvalue weighted by Crippen LogP contribution is 2.30. The third-order valence-corrected chi connectivity index (χ3v) is 5.84. The van der Waals surface area contributed by atoms with Crippen molar-refractivity contribution in [1.29, 1.82) is 0 Å². The second-order valence-electron chi connectivity index (χ2n) is 6.20. The summed E-state index contributed by atoms with van der Waals surface area (Å²) in [6, 6.07) is 6.90. The third-order valence-electron chi connectivity index (χ3n) is 4.07. The van der Waals surface area contributed by atoms with E-state index in [0.29, 0.717) is 12.1 Å². The molecule has 2 N–H and O–H groups in total. The van der Waals surface area contributed by atoms with Gasteiger partial charge in [0.15, 0.2) is 9.84 Å². The highest BCUT2D eigenvalue weighted by Gasteiger charge is 2.30. The van der Waals surface area contributed by atoms with Gasteiger partial charge in [0, 0.05) is 23.5 Å². The van der Waals surface area contributed by atoms with Crippen LogP contribution in [0.4, 0.5) is 24.7 Å². The Labute approximate surface area is 153 Å². The minimum atomic E-state index is -4.41. The van der Waals surface area contributed by atoms with E-state index in [0.717, 1.165) is 12.1 Å². The molecule has 6 nitrogen and oxygen atoms in total. The van der Waals surface area contributed by atoms with E-state index >= 15 is 0 Å². The lowest BCUT2D eigenvalue weighted by Gasteiger charge is -2.12. The maximum Gasteiger partial charge on any atom is 0.416 e. The molecule has 1 aliphatic rings. The van der Waals surface area contributed by atoms with Crippen LogP contribution in [0.5, 0.6) is 0 Å². The van der Waals surface area contributed by atoms with Gasteiger partial charge in [-0.15, -0.1) is 0 Å². The molecule has 2 aromatic rings. The average Bonchev–Trinajstić information content (AvgIpc) is 2.93. The Morgan fingerprint density at radius 3 is 2.44 bits per heavy atom. The number of nitrogens with one attached hydrogen (secondary N) is 2. The monoisotopic (exact) mass is 399 g/mol. The van der Waals surface area contributed by atoms with Gasteiger partial charge in [-0.3, -0.25) is 4.79 Å². The van der Waals surface area contributed by atoms with Crippen molar-refractivity contribution in [2.24, 2.45) is 0 Å². The normalized spacial score (nSPS) is 18.9. The van der Waals surface area contributed by atoms with E-state index < -0.39 is 33.5 Å². The van der Waals surface area contributed by atoms with Crippen molar-refractivity contribution < 1.29 is 26.4 Å². The van der Waals surface area contributed by atoms with Crippen LogP contribution in [0.25, 0.3) is 0 Å². The quantitative estimate of drug-likeness (QED) is 0.826. The van der Waals surface area contributed by atoms with Crippen molar-refractivity contribution >= 4 is 27.2 Å². The summed E-state index contributed by atoms with van der Waals surface area (Å²) in [6.45, 7) is 0. The average molecular weight is 399 g/mol. The molecule has 0 bridgehead atoms. The first-order chi connectivity index (χ1) is 12.6. The molecule has 1 unspecified atom stereocenters. The van der Waals surface area contributed by atoms with Crippen LogP contribution in [0.2, 0.25) is 0 Å². The van der Waals surface area contributed by atoms with Gasteiger partial charge in [0.1, 0.15) is 5.82 Å². The Kier molecular flexibility index (Phi) is 5.09. The van der Waals surface area contributed by atoms with Crippen LogP contribution in [-0.2, 0) is 16.0 Å². The summed E-state index contributed by atoms with van der Waals surface area (Å²) in [6.07, 6.45) is -2.66. The molecule has 1 aliphatic heterocycles. The number of benzene rings is 1. The molecule has 27 heavy (non-hydrogen) atoms. The number of nitrogens with zero attached hydrogens (tertiary/aromatic N) is 1. The van der Waals surface area contributed by atoms with E-state index in [1.54, 1.807) is 0 Å². The predicted molar refractivity (Wildman–Crippen MR) is 93.5 cm³/mol. The number of alkyl halides is 3. The molecular weight excluding hydrogens is 383 g/mol.